The molecular weight excluding hydrogens is 224 g/mol. The monoisotopic (exact) mass is 242 g/mol. The fourth-order valence-corrected chi connectivity index (χ4v) is 1.91. The zero-order valence-corrected chi connectivity index (χ0v) is 9.65. The number of nitrogens with one attached hydrogen (secondary N) is 1. The van der Waals surface area contributed by atoms with Gasteiger partial charge in [0.2, 0.25) is 17.7 Å². The number of amides is 3. The molecule has 0 aliphatic carbocycles. The molecule has 3 amide bonds. The molecule has 0 aromatic rings. The molecule has 1 aliphatic heterocycles. The number of carbonyl (C=O) groups excluding carboxylic acids is 3. The lowest BCUT2D eigenvalue weighted by molar-refractivity contribution is -0.141. The molecule has 0 radical (unpaired) electrons. The van der Waals surface area contributed by atoms with Crippen LogP contribution in [0.2, 0.25) is 0 Å². The van der Waals surface area contributed by atoms with Crippen LogP contribution in [0.3, 0.4) is 0 Å². The van der Waals surface area contributed by atoms with Gasteiger partial charge in [0.15, 0.2) is 0 Å². The summed E-state index contributed by atoms with van der Waals surface area (Å²) < 4.78 is 0. The van der Waals surface area contributed by atoms with E-state index in [9.17, 15) is 14.4 Å². The van der Waals surface area contributed by atoms with Crippen LogP contribution in [0.4, 0.5) is 0 Å². The maximum atomic E-state index is 12.0. The van der Waals surface area contributed by atoms with Gasteiger partial charge in [0.1, 0.15) is 0 Å². The van der Waals surface area contributed by atoms with E-state index in [0.29, 0.717) is 6.54 Å². The van der Waals surface area contributed by atoms with Gasteiger partial charge in [-0.2, -0.15) is 0 Å². The molecule has 1 aliphatic rings. The summed E-state index contributed by atoms with van der Waals surface area (Å²) in [5.41, 5.74) is 10.1. The quantitative estimate of drug-likeness (QED) is 0.506. The van der Waals surface area contributed by atoms with Gasteiger partial charge in [-0.05, 0) is 19.4 Å². The third-order valence-corrected chi connectivity index (χ3v) is 2.65. The molecule has 1 unspecified atom stereocenters. The average molecular weight is 242 g/mol. The predicted octanol–water partition coefficient (Wildman–Crippen LogP) is -2.21. The second-order valence-corrected chi connectivity index (χ2v) is 4.17. The van der Waals surface area contributed by atoms with Crippen molar-refractivity contribution in [2.24, 2.45) is 17.4 Å². The van der Waals surface area contributed by atoms with Crippen molar-refractivity contribution in [2.45, 2.75) is 12.8 Å². The lowest BCUT2D eigenvalue weighted by Gasteiger charge is -2.28. The maximum absolute atomic E-state index is 12.0. The normalized spacial score (nSPS) is 19.6. The van der Waals surface area contributed by atoms with E-state index >= 15 is 0 Å². The van der Waals surface area contributed by atoms with Crippen LogP contribution >= 0.6 is 0 Å². The molecule has 1 atom stereocenters. The molecule has 0 aromatic heterocycles. The Balaban J connectivity index is 2.63. The minimum absolute atomic E-state index is 0.206. The van der Waals surface area contributed by atoms with Gasteiger partial charge in [0.25, 0.3) is 0 Å². The number of hydrogen-bond donors (Lipinski definition) is 3. The Labute approximate surface area is 99.5 Å². The summed E-state index contributed by atoms with van der Waals surface area (Å²) in [6.45, 7) is 0.915. The number of primary amides is 2. The van der Waals surface area contributed by atoms with Crippen LogP contribution in [0.5, 0.6) is 0 Å². The Morgan fingerprint density at radius 1 is 1.18 bits per heavy atom. The van der Waals surface area contributed by atoms with Crippen molar-refractivity contribution in [2.75, 3.05) is 26.2 Å². The van der Waals surface area contributed by atoms with E-state index in [-0.39, 0.29) is 24.9 Å². The topological polar surface area (TPSA) is 119 Å². The summed E-state index contributed by atoms with van der Waals surface area (Å²) in [7, 11) is 0. The van der Waals surface area contributed by atoms with E-state index in [1.54, 1.807) is 0 Å². The van der Waals surface area contributed by atoms with E-state index in [2.05, 4.69) is 5.32 Å². The molecule has 1 fully saturated rings. The number of hydrogen-bond acceptors (Lipinski definition) is 4. The molecular formula is C10H18N4O3. The van der Waals surface area contributed by atoms with Crippen LogP contribution in [0, 0.1) is 5.92 Å². The molecule has 0 saturated carbocycles. The summed E-state index contributed by atoms with van der Waals surface area (Å²) in [6, 6.07) is 0. The number of nitrogens with two attached hydrogens (primary N) is 2. The fourth-order valence-electron chi connectivity index (χ4n) is 1.91. The Kier molecular flexibility index (Phi) is 4.89. The lowest BCUT2D eigenvalue weighted by Crippen LogP contribution is -2.48. The zero-order chi connectivity index (χ0) is 12.8. The van der Waals surface area contributed by atoms with E-state index in [0.717, 1.165) is 24.3 Å². The lowest BCUT2D eigenvalue weighted by atomic mass is 9.98. The van der Waals surface area contributed by atoms with Crippen LogP contribution < -0.4 is 16.8 Å². The molecule has 7 heteroatoms. The van der Waals surface area contributed by atoms with Crippen LogP contribution in [0.25, 0.3) is 0 Å². The van der Waals surface area contributed by atoms with Gasteiger partial charge in [-0.15, -0.1) is 0 Å². The molecule has 0 spiro atoms. The molecule has 5 N–H and O–H groups in total. The highest BCUT2D eigenvalue weighted by atomic mass is 16.2. The zero-order valence-electron chi connectivity index (χ0n) is 9.65. The highest BCUT2D eigenvalue weighted by Crippen LogP contribution is 2.13. The summed E-state index contributed by atoms with van der Waals surface area (Å²) in [4.78, 5) is 34.8. The molecule has 1 saturated heterocycles. The fraction of sp³-hybridized carbons (Fsp3) is 0.700. The minimum Gasteiger partial charge on any atom is -0.368 e. The van der Waals surface area contributed by atoms with Crippen LogP contribution in [-0.2, 0) is 14.4 Å². The van der Waals surface area contributed by atoms with Crippen LogP contribution in [-0.4, -0.2) is 48.8 Å². The van der Waals surface area contributed by atoms with Crippen molar-refractivity contribution in [3.63, 3.8) is 0 Å². The standard InChI is InChI=1S/C10H18N4O3/c11-8(15)5-14(6-9(12)16)10(17)7-2-1-3-13-4-7/h7,13H,1-6H2,(H2,11,15)(H2,12,16). The van der Waals surface area contributed by atoms with Crippen molar-refractivity contribution in [3.05, 3.63) is 0 Å². The summed E-state index contributed by atoms with van der Waals surface area (Å²) in [6.07, 6.45) is 1.65. The van der Waals surface area contributed by atoms with Crippen molar-refractivity contribution in [1.82, 2.24) is 10.2 Å². The molecule has 0 bridgehead atoms. The van der Waals surface area contributed by atoms with Gasteiger partial charge in [-0.25, -0.2) is 0 Å². The summed E-state index contributed by atoms with van der Waals surface area (Å²) in [5, 5.41) is 3.10. The molecule has 0 aromatic carbocycles. The minimum atomic E-state index is -0.650. The third kappa shape index (κ3) is 4.39. The van der Waals surface area contributed by atoms with Crippen molar-refractivity contribution in [3.8, 4) is 0 Å². The summed E-state index contributed by atoms with van der Waals surface area (Å²) in [5.74, 6) is -1.75. The van der Waals surface area contributed by atoms with Gasteiger partial charge in [0.05, 0.1) is 19.0 Å². The molecule has 1 heterocycles. The SMILES string of the molecule is NC(=O)CN(CC(N)=O)C(=O)C1CCCNC1. The molecule has 96 valence electrons. The van der Waals surface area contributed by atoms with Crippen molar-refractivity contribution in [1.29, 1.82) is 0 Å². The Morgan fingerprint density at radius 3 is 2.18 bits per heavy atom. The van der Waals surface area contributed by atoms with E-state index < -0.39 is 11.8 Å². The van der Waals surface area contributed by atoms with E-state index in [1.807, 2.05) is 0 Å². The van der Waals surface area contributed by atoms with Gasteiger partial charge in [-0.1, -0.05) is 0 Å². The first-order valence-corrected chi connectivity index (χ1v) is 5.57. The van der Waals surface area contributed by atoms with Crippen LogP contribution in [0.15, 0.2) is 0 Å². The number of piperidine rings is 1. The van der Waals surface area contributed by atoms with Gasteiger partial charge in [0, 0.05) is 6.54 Å². The van der Waals surface area contributed by atoms with Gasteiger partial charge >= 0.3 is 0 Å². The first-order chi connectivity index (χ1) is 8.00. The highest BCUT2D eigenvalue weighted by Gasteiger charge is 2.27. The van der Waals surface area contributed by atoms with Crippen LogP contribution in [0.1, 0.15) is 12.8 Å². The first-order valence-electron chi connectivity index (χ1n) is 5.57. The molecule has 7 nitrogen and oxygen atoms in total. The Bertz CT molecular complexity index is 297. The predicted molar refractivity (Wildman–Crippen MR) is 60.6 cm³/mol. The number of rotatable bonds is 5. The highest BCUT2D eigenvalue weighted by molar-refractivity contribution is 5.89. The maximum Gasteiger partial charge on any atom is 0.237 e. The van der Waals surface area contributed by atoms with Gasteiger partial charge in [-0.3, -0.25) is 14.4 Å². The van der Waals surface area contributed by atoms with Crippen molar-refractivity contribution < 1.29 is 14.4 Å². The van der Waals surface area contributed by atoms with Gasteiger partial charge < -0.3 is 21.7 Å². The smallest absolute Gasteiger partial charge is 0.237 e. The average Bonchev–Trinajstić information content (AvgIpc) is 2.27. The molecule has 1 rings (SSSR count). The van der Waals surface area contributed by atoms with E-state index in [4.69, 9.17) is 11.5 Å². The van der Waals surface area contributed by atoms with E-state index in [1.165, 1.54) is 0 Å². The number of carbonyl (C=O) groups is 3. The third-order valence-electron chi connectivity index (χ3n) is 2.65. The first kappa shape index (κ1) is 13.4. The van der Waals surface area contributed by atoms with Crippen molar-refractivity contribution >= 4 is 17.7 Å². The number of nitrogens with zero attached hydrogens (tertiary/aromatic N) is 1. The summed E-state index contributed by atoms with van der Waals surface area (Å²) >= 11 is 0. The second kappa shape index (κ2) is 6.19. The Hall–Kier alpha value is -1.63. The Morgan fingerprint density at radius 2 is 1.76 bits per heavy atom. The second-order valence-electron chi connectivity index (χ2n) is 4.17. The molecule has 17 heavy (non-hydrogen) atoms. The largest absolute Gasteiger partial charge is 0.368 e.